The highest BCUT2D eigenvalue weighted by molar-refractivity contribution is 5.99. The number of hydrogen-bond donors (Lipinski definition) is 0. The molecule has 4 heteroatoms. The molecule has 0 spiro atoms. The summed E-state index contributed by atoms with van der Waals surface area (Å²) in [5, 5.41) is 4.85. The fraction of sp³-hybridized carbons (Fsp3) is 0.333. The number of nitrogens with zero attached hydrogens (tertiary/aromatic N) is 2. The van der Waals surface area contributed by atoms with E-state index in [9.17, 15) is 4.79 Å². The Balaban J connectivity index is 1.64. The summed E-state index contributed by atoms with van der Waals surface area (Å²) < 4.78 is 8.36. The Morgan fingerprint density at radius 2 is 1.81 bits per heavy atom. The molecule has 1 aliphatic carbocycles. The molecule has 0 radical (unpaired) electrons. The van der Waals surface area contributed by atoms with Crippen molar-refractivity contribution < 1.29 is 9.53 Å². The van der Waals surface area contributed by atoms with Crippen LogP contribution in [0.4, 0.5) is 0 Å². The van der Waals surface area contributed by atoms with Crippen molar-refractivity contribution in [1.82, 2.24) is 9.78 Å². The third kappa shape index (κ3) is 3.50. The van der Waals surface area contributed by atoms with Crippen LogP contribution in [0.3, 0.4) is 0 Å². The number of ketones is 1. The summed E-state index contributed by atoms with van der Waals surface area (Å²) in [5.41, 5.74) is 6.40. The summed E-state index contributed by atoms with van der Waals surface area (Å²) in [5.74, 6) is 2.18. The topological polar surface area (TPSA) is 44.1 Å². The van der Waals surface area contributed by atoms with Crippen LogP contribution in [-0.4, -0.2) is 15.6 Å². The number of ether oxygens (including phenoxy) is 1. The molecular formula is C27H28N2O2. The van der Waals surface area contributed by atoms with Crippen LogP contribution in [0.1, 0.15) is 72.9 Å². The number of rotatable bonds is 4. The van der Waals surface area contributed by atoms with Crippen LogP contribution in [0.15, 0.2) is 65.9 Å². The van der Waals surface area contributed by atoms with Crippen LogP contribution in [0, 0.1) is 6.92 Å². The van der Waals surface area contributed by atoms with E-state index in [1.807, 2.05) is 29.8 Å². The van der Waals surface area contributed by atoms with Crippen molar-refractivity contribution in [3.8, 4) is 5.88 Å². The molecule has 0 amide bonds. The summed E-state index contributed by atoms with van der Waals surface area (Å²) in [4.78, 5) is 13.0. The van der Waals surface area contributed by atoms with Crippen LogP contribution in [-0.2, 0) is 11.3 Å². The van der Waals surface area contributed by atoms with Crippen LogP contribution in [0.2, 0.25) is 0 Å². The van der Waals surface area contributed by atoms with E-state index in [0.717, 1.165) is 46.9 Å². The highest BCUT2D eigenvalue weighted by Crippen LogP contribution is 2.48. The maximum Gasteiger partial charge on any atom is 0.222 e. The number of carbonyl (C=O) groups is 1. The minimum absolute atomic E-state index is 0.114. The van der Waals surface area contributed by atoms with Crippen molar-refractivity contribution in [2.24, 2.45) is 0 Å². The van der Waals surface area contributed by atoms with Gasteiger partial charge in [-0.15, -0.1) is 0 Å². The number of benzene rings is 2. The molecule has 0 N–H and O–H groups in total. The molecule has 2 aromatic carbocycles. The molecule has 3 aromatic rings. The summed E-state index contributed by atoms with van der Waals surface area (Å²) in [7, 11) is 0. The first-order valence-electron chi connectivity index (χ1n) is 11.2. The van der Waals surface area contributed by atoms with Gasteiger partial charge >= 0.3 is 0 Å². The Labute approximate surface area is 183 Å². The van der Waals surface area contributed by atoms with Crippen molar-refractivity contribution in [2.45, 2.75) is 58.4 Å². The van der Waals surface area contributed by atoms with Crippen LogP contribution in [0.25, 0.3) is 0 Å². The van der Waals surface area contributed by atoms with Gasteiger partial charge in [0.15, 0.2) is 5.78 Å². The largest absolute Gasteiger partial charge is 0.443 e. The van der Waals surface area contributed by atoms with E-state index < -0.39 is 0 Å². The average Bonchev–Trinajstić information content (AvgIpc) is 3.08. The van der Waals surface area contributed by atoms with Crippen molar-refractivity contribution >= 4 is 5.78 Å². The third-order valence-corrected chi connectivity index (χ3v) is 6.44. The first-order chi connectivity index (χ1) is 15.0. The molecule has 158 valence electrons. The van der Waals surface area contributed by atoms with Crippen molar-refractivity contribution in [3.63, 3.8) is 0 Å². The molecule has 2 heterocycles. The van der Waals surface area contributed by atoms with E-state index in [4.69, 9.17) is 9.84 Å². The van der Waals surface area contributed by atoms with Crippen LogP contribution in [0.5, 0.6) is 5.88 Å². The number of allylic oxidation sites excluding steroid dienone is 2. The standard InChI is InChI=1S/C27H28N2O2/c1-17(2)20-12-14-21(15-13-20)25-24-18(3)28-29(16-19-8-5-4-6-9-19)27(24)31-23-11-7-10-22(30)26(23)25/h4-6,8-9,12-15,17,25H,7,10-11,16H2,1-3H3. The Kier molecular flexibility index (Phi) is 5.01. The molecule has 5 rings (SSSR count). The number of aryl methyl sites for hydroxylation is 1. The highest BCUT2D eigenvalue weighted by Gasteiger charge is 2.40. The van der Waals surface area contributed by atoms with Gasteiger partial charge < -0.3 is 4.74 Å². The van der Waals surface area contributed by atoms with Gasteiger partial charge in [0.05, 0.1) is 12.2 Å². The molecule has 31 heavy (non-hydrogen) atoms. The van der Waals surface area contributed by atoms with Crippen LogP contribution < -0.4 is 4.74 Å². The van der Waals surface area contributed by atoms with Crippen molar-refractivity contribution in [1.29, 1.82) is 0 Å². The molecule has 0 saturated heterocycles. The SMILES string of the molecule is Cc1nn(Cc2ccccc2)c2c1C(c1ccc(C(C)C)cc1)C1=C(CCCC1=O)O2. The second kappa shape index (κ2) is 7.84. The summed E-state index contributed by atoms with van der Waals surface area (Å²) in [6.07, 6.45) is 2.24. The normalized spacial score (nSPS) is 18.1. The maximum absolute atomic E-state index is 13.0. The smallest absolute Gasteiger partial charge is 0.222 e. The minimum Gasteiger partial charge on any atom is -0.443 e. The molecule has 1 aromatic heterocycles. The third-order valence-electron chi connectivity index (χ3n) is 6.44. The van der Waals surface area contributed by atoms with Gasteiger partial charge in [0.1, 0.15) is 5.76 Å². The van der Waals surface area contributed by atoms with Gasteiger partial charge in [0.25, 0.3) is 0 Å². The molecule has 4 nitrogen and oxygen atoms in total. The second-order valence-corrected chi connectivity index (χ2v) is 8.92. The molecule has 0 saturated carbocycles. The quantitative estimate of drug-likeness (QED) is 0.536. The van der Waals surface area contributed by atoms with E-state index in [2.05, 4.69) is 50.2 Å². The lowest BCUT2D eigenvalue weighted by atomic mass is 9.77. The van der Waals surface area contributed by atoms with Gasteiger partial charge in [0.2, 0.25) is 5.88 Å². The molecule has 1 unspecified atom stereocenters. The van der Waals surface area contributed by atoms with E-state index >= 15 is 0 Å². The molecule has 1 atom stereocenters. The Morgan fingerprint density at radius 1 is 1.06 bits per heavy atom. The summed E-state index contributed by atoms with van der Waals surface area (Å²) in [6, 6.07) is 19.0. The Hall–Kier alpha value is -3.14. The van der Waals surface area contributed by atoms with Crippen molar-refractivity contribution in [3.05, 3.63) is 93.9 Å². The molecule has 2 aliphatic rings. The molecule has 0 bridgehead atoms. The fourth-order valence-electron chi connectivity index (χ4n) is 4.81. The van der Waals surface area contributed by atoms with Crippen LogP contribution >= 0.6 is 0 Å². The summed E-state index contributed by atoms with van der Waals surface area (Å²) in [6.45, 7) is 7.07. The Bertz CT molecular complexity index is 1150. The first-order valence-corrected chi connectivity index (χ1v) is 11.2. The fourth-order valence-corrected chi connectivity index (χ4v) is 4.81. The molecular weight excluding hydrogens is 384 g/mol. The number of carbonyl (C=O) groups excluding carboxylic acids is 1. The summed E-state index contributed by atoms with van der Waals surface area (Å²) >= 11 is 0. The lowest BCUT2D eigenvalue weighted by Crippen LogP contribution is -2.26. The van der Waals surface area contributed by atoms with Gasteiger partial charge in [-0.05, 0) is 36.0 Å². The second-order valence-electron chi connectivity index (χ2n) is 8.92. The maximum atomic E-state index is 13.0. The predicted octanol–water partition coefficient (Wildman–Crippen LogP) is 5.89. The molecule has 0 fully saturated rings. The molecule has 1 aliphatic heterocycles. The first kappa shape index (κ1) is 19.8. The van der Waals surface area contributed by atoms with E-state index in [1.54, 1.807) is 0 Å². The Morgan fingerprint density at radius 3 is 2.52 bits per heavy atom. The van der Waals surface area contributed by atoms with E-state index in [1.165, 1.54) is 11.1 Å². The minimum atomic E-state index is -0.114. The average molecular weight is 413 g/mol. The monoisotopic (exact) mass is 412 g/mol. The lowest BCUT2D eigenvalue weighted by molar-refractivity contribution is -0.116. The number of Topliss-reactive ketones (excluding diaryl/α,β-unsaturated/α-hetero) is 1. The number of aromatic nitrogens is 2. The van der Waals surface area contributed by atoms with Gasteiger partial charge in [0, 0.05) is 29.9 Å². The zero-order chi connectivity index (χ0) is 21.5. The number of fused-ring (bicyclic) bond motifs is 1. The highest BCUT2D eigenvalue weighted by atomic mass is 16.5. The van der Waals surface area contributed by atoms with Crippen molar-refractivity contribution in [2.75, 3.05) is 0 Å². The zero-order valence-corrected chi connectivity index (χ0v) is 18.4. The number of hydrogen-bond acceptors (Lipinski definition) is 3. The van der Waals surface area contributed by atoms with Gasteiger partial charge in [-0.2, -0.15) is 5.10 Å². The van der Waals surface area contributed by atoms with Gasteiger partial charge in [-0.1, -0.05) is 68.4 Å². The van der Waals surface area contributed by atoms with Gasteiger partial charge in [-0.3, -0.25) is 4.79 Å². The zero-order valence-electron chi connectivity index (χ0n) is 18.4. The lowest BCUT2D eigenvalue weighted by Gasteiger charge is -2.31. The van der Waals surface area contributed by atoms with Gasteiger partial charge in [-0.25, -0.2) is 4.68 Å². The van der Waals surface area contributed by atoms with E-state index in [0.29, 0.717) is 18.9 Å². The predicted molar refractivity (Wildman–Crippen MR) is 121 cm³/mol. The van der Waals surface area contributed by atoms with E-state index in [-0.39, 0.29) is 11.7 Å².